The molecule has 0 aliphatic heterocycles. The minimum Gasteiger partial charge on any atom is -0.494 e. The second-order valence-corrected chi connectivity index (χ2v) is 9.93. The van der Waals surface area contributed by atoms with Gasteiger partial charge in [0.15, 0.2) is 0 Å². The largest absolute Gasteiger partial charge is 0.494 e. The number of hydrogen-bond acceptors (Lipinski definition) is 5. The fourth-order valence-corrected chi connectivity index (χ4v) is 4.28. The van der Waals surface area contributed by atoms with Crippen LogP contribution in [0.3, 0.4) is 0 Å². The SMILES string of the molecule is Cc1ccc(C(F)(F)F)cc1C1=Cc2ccc(OCCCCCCOC(=O)C(C)(N)CN)cc2CCC1. The van der Waals surface area contributed by atoms with Gasteiger partial charge in [-0.1, -0.05) is 18.2 Å². The number of fused-ring (bicyclic) bond motifs is 1. The number of benzene rings is 2. The van der Waals surface area contributed by atoms with Gasteiger partial charge in [-0.25, -0.2) is 0 Å². The molecule has 2 aromatic rings. The summed E-state index contributed by atoms with van der Waals surface area (Å²) in [5.74, 6) is 0.317. The average molecular weight is 519 g/mol. The molecule has 0 fully saturated rings. The fraction of sp³-hybridized carbons (Fsp3) is 0.483. The van der Waals surface area contributed by atoms with Crippen LogP contribution in [0.15, 0.2) is 36.4 Å². The van der Waals surface area contributed by atoms with Crippen molar-refractivity contribution >= 4 is 17.6 Å². The van der Waals surface area contributed by atoms with Crippen molar-refractivity contribution in [3.8, 4) is 5.75 Å². The van der Waals surface area contributed by atoms with Crippen molar-refractivity contribution in [2.45, 2.75) is 70.5 Å². The van der Waals surface area contributed by atoms with E-state index in [-0.39, 0.29) is 6.54 Å². The monoisotopic (exact) mass is 518 g/mol. The highest BCUT2D eigenvalue weighted by Crippen LogP contribution is 2.36. The number of allylic oxidation sites excluding steroid dienone is 1. The lowest BCUT2D eigenvalue weighted by Gasteiger charge is -2.19. The molecule has 0 heterocycles. The van der Waals surface area contributed by atoms with Crippen molar-refractivity contribution in [2.24, 2.45) is 11.5 Å². The van der Waals surface area contributed by atoms with E-state index < -0.39 is 23.2 Å². The Kier molecular flexibility index (Phi) is 9.79. The van der Waals surface area contributed by atoms with Gasteiger partial charge in [0.2, 0.25) is 0 Å². The first kappa shape index (κ1) is 28.7. The van der Waals surface area contributed by atoms with Gasteiger partial charge in [-0.2, -0.15) is 13.2 Å². The van der Waals surface area contributed by atoms with Gasteiger partial charge in [0.05, 0.1) is 18.8 Å². The normalized spacial score (nSPS) is 15.3. The van der Waals surface area contributed by atoms with Crippen LogP contribution in [0, 0.1) is 6.92 Å². The Balaban J connectivity index is 1.50. The van der Waals surface area contributed by atoms with Crippen molar-refractivity contribution in [1.29, 1.82) is 0 Å². The number of hydrogen-bond donors (Lipinski definition) is 2. The molecule has 2 aromatic carbocycles. The van der Waals surface area contributed by atoms with E-state index in [1.807, 2.05) is 31.2 Å². The molecule has 0 spiro atoms. The van der Waals surface area contributed by atoms with Crippen LogP contribution >= 0.6 is 0 Å². The van der Waals surface area contributed by atoms with Gasteiger partial charge in [-0.15, -0.1) is 0 Å². The van der Waals surface area contributed by atoms with Gasteiger partial charge in [0.25, 0.3) is 0 Å². The molecule has 37 heavy (non-hydrogen) atoms. The molecule has 4 N–H and O–H groups in total. The van der Waals surface area contributed by atoms with Crippen molar-refractivity contribution in [2.75, 3.05) is 19.8 Å². The molecule has 1 atom stereocenters. The minimum atomic E-state index is -4.36. The van der Waals surface area contributed by atoms with E-state index in [1.165, 1.54) is 6.07 Å². The van der Waals surface area contributed by atoms with E-state index in [0.717, 1.165) is 79.0 Å². The summed E-state index contributed by atoms with van der Waals surface area (Å²) in [5.41, 5.74) is 14.1. The zero-order valence-corrected chi connectivity index (χ0v) is 21.6. The number of aryl methyl sites for hydroxylation is 2. The molecule has 8 heteroatoms. The lowest BCUT2D eigenvalue weighted by atomic mass is 9.94. The standard InChI is InChI=1S/C29H37F3N2O3/c1-20-10-12-24(29(30,31)32)18-26(20)23-9-7-8-21-17-25(13-11-22(21)16-23)36-14-5-3-4-6-15-37-27(35)28(2,34)19-33/h10-13,16-18H,3-9,14-15,19,33-34H2,1-2H3. The van der Waals surface area contributed by atoms with Crippen LogP contribution in [-0.4, -0.2) is 31.3 Å². The summed E-state index contributed by atoms with van der Waals surface area (Å²) >= 11 is 0. The molecule has 0 aromatic heterocycles. The minimum absolute atomic E-state index is 0.0405. The molecule has 1 unspecified atom stereocenters. The van der Waals surface area contributed by atoms with E-state index in [9.17, 15) is 18.0 Å². The molecular formula is C29H37F3N2O3. The Bertz CT molecular complexity index is 1110. The number of carbonyl (C=O) groups is 1. The first-order valence-electron chi connectivity index (χ1n) is 12.8. The van der Waals surface area contributed by atoms with Crippen molar-refractivity contribution in [3.63, 3.8) is 0 Å². The van der Waals surface area contributed by atoms with E-state index >= 15 is 0 Å². The highest BCUT2D eigenvalue weighted by atomic mass is 19.4. The van der Waals surface area contributed by atoms with Crippen molar-refractivity contribution in [1.82, 2.24) is 0 Å². The van der Waals surface area contributed by atoms with E-state index in [0.29, 0.717) is 18.8 Å². The zero-order chi connectivity index (χ0) is 27.1. The maximum atomic E-state index is 13.3. The first-order chi connectivity index (χ1) is 17.5. The maximum Gasteiger partial charge on any atom is 0.416 e. The summed E-state index contributed by atoms with van der Waals surface area (Å²) in [6.07, 6.45) is 3.57. The topological polar surface area (TPSA) is 87.6 Å². The third-order valence-corrected chi connectivity index (χ3v) is 6.68. The Morgan fingerprint density at radius 2 is 1.73 bits per heavy atom. The van der Waals surface area contributed by atoms with Crippen LogP contribution in [0.5, 0.6) is 5.75 Å². The molecule has 0 saturated heterocycles. The average Bonchev–Trinajstić information content (AvgIpc) is 3.07. The summed E-state index contributed by atoms with van der Waals surface area (Å²) < 4.78 is 50.9. The Labute approximate surface area is 217 Å². The quantitative estimate of drug-likeness (QED) is 0.279. The molecule has 0 bridgehead atoms. The Morgan fingerprint density at radius 3 is 2.43 bits per heavy atom. The predicted molar refractivity (Wildman–Crippen MR) is 140 cm³/mol. The van der Waals surface area contributed by atoms with Gasteiger partial charge in [-0.05, 0) is 111 Å². The lowest BCUT2D eigenvalue weighted by Crippen LogP contribution is -2.52. The van der Waals surface area contributed by atoms with Crippen molar-refractivity contribution in [3.05, 3.63) is 64.2 Å². The highest BCUT2D eigenvalue weighted by Gasteiger charge is 2.31. The van der Waals surface area contributed by atoms with Gasteiger partial charge in [0, 0.05) is 6.54 Å². The van der Waals surface area contributed by atoms with Crippen molar-refractivity contribution < 1.29 is 27.4 Å². The zero-order valence-electron chi connectivity index (χ0n) is 21.6. The van der Waals surface area contributed by atoms with Crippen LogP contribution in [0.2, 0.25) is 0 Å². The number of esters is 1. The number of alkyl halides is 3. The summed E-state index contributed by atoms with van der Waals surface area (Å²) in [6.45, 7) is 4.35. The highest BCUT2D eigenvalue weighted by molar-refractivity contribution is 5.84. The Morgan fingerprint density at radius 1 is 1.00 bits per heavy atom. The summed E-state index contributed by atoms with van der Waals surface area (Å²) in [7, 11) is 0. The molecule has 0 saturated carbocycles. The van der Waals surface area contributed by atoms with Crippen LogP contribution in [0.1, 0.15) is 73.3 Å². The molecule has 1 aliphatic rings. The number of ether oxygens (including phenoxy) is 2. The number of halogens is 3. The molecule has 0 radical (unpaired) electrons. The van der Waals surface area contributed by atoms with Crippen LogP contribution in [0.4, 0.5) is 13.2 Å². The van der Waals surface area contributed by atoms with Gasteiger partial charge < -0.3 is 20.9 Å². The van der Waals surface area contributed by atoms with Crippen LogP contribution in [-0.2, 0) is 22.1 Å². The summed E-state index contributed by atoms with van der Waals surface area (Å²) in [6, 6.07) is 9.89. The molecule has 3 rings (SSSR count). The van der Waals surface area contributed by atoms with E-state index in [2.05, 4.69) is 0 Å². The molecule has 0 amide bonds. The second kappa shape index (κ2) is 12.6. The third-order valence-electron chi connectivity index (χ3n) is 6.68. The number of rotatable bonds is 11. The van der Waals surface area contributed by atoms with Gasteiger partial charge in [-0.3, -0.25) is 4.79 Å². The maximum absolute atomic E-state index is 13.3. The lowest BCUT2D eigenvalue weighted by molar-refractivity contribution is -0.149. The van der Waals surface area contributed by atoms with E-state index in [1.54, 1.807) is 13.0 Å². The Hall–Kier alpha value is -2.84. The van der Waals surface area contributed by atoms with E-state index in [4.69, 9.17) is 20.9 Å². The van der Waals surface area contributed by atoms with Gasteiger partial charge in [0.1, 0.15) is 11.3 Å². The first-order valence-corrected chi connectivity index (χ1v) is 12.8. The van der Waals surface area contributed by atoms with Crippen LogP contribution < -0.4 is 16.2 Å². The number of unbranched alkanes of at least 4 members (excludes halogenated alkanes) is 3. The fourth-order valence-electron chi connectivity index (χ4n) is 4.28. The summed E-state index contributed by atoms with van der Waals surface area (Å²) in [5, 5.41) is 0. The molecular weight excluding hydrogens is 481 g/mol. The molecule has 1 aliphatic carbocycles. The predicted octanol–water partition coefficient (Wildman–Crippen LogP) is 6.05. The summed E-state index contributed by atoms with van der Waals surface area (Å²) in [4.78, 5) is 11.8. The number of nitrogens with two attached hydrogens (primary N) is 2. The van der Waals surface area contributed by atoms with Gasteiger partial charge >= 0.3 is 12.1 Å². The second-order valence-electron chi connectivity index (χ2n) is 9.93. The molecule has 5 nitrogen and oxygen atoms in total. The third kappa shape index (κ3) is 8.07. The molecule has 202 valence electrons. The smallest absolute Gasteiger partial charge is 0.416 e. The van der Waals surface area contributed by atoms with Crippen LogP contribution in [0.25, 0.3) is 11.6 Å². The number of carbonyl (C=O) groups excluding carboxylic acids is 1.